The van der Waals surface area contributed by atoms with E-state index in [2.05, 4.69) is 36.1 Å². The average Bonchev–Trinajstić information content (AvgIpc) is 2.31. The smallest absolute Gasteiger partial charge is 0.0634 e. The number of nitrogens with one attached hydrogen (secondary N) is 1. The zero-order valence-corrected chi connectivity index (χ0v) is 11.7. The van der Waals surface area contributed by atoms with E-state index in [0.717, 1.165) is 32.8 Å². The Kier molecular flexibility index (Phi) is 7.77. The lowest BCUT2D eigenvalue weighted by molar-refractivity contribution is -0.00769. The first-order chi connectivity index (χ1) is 8.24. The van der Waals surface area contributed by atoms with Crippen molar-refractivity contribution in [2.24, 2.45) is 0 Å². The first-order valence-electron chi connectivity index (χ1n) is 6.91. The van der Waals surface area contributed by atoms with Gasteiger partial charge in [0.2, 0.25) is 0 Å². The summed E-state index contributed by atoms with van der Waals surface area (Å²) in [6.45, 7) is 9.63. The summed E-state index contributed by atoms with van der Waals surface area (Å²) in [4.78, 5) is 4.83. The SMILES string of the molecule is CCCNCC1COCCN1CCCN(C)C. The Morgan fingerprint density at radius 3 is 2.94 bits per heavy atom. The molecule has 1 atom stereocenters. The summed E-state index contributed by atoms with van der Waals surface area (Å²) in [5.41, 5.74) is 0. The topological polar surface area (TPSA) is 27.7 Å². The summed E-state index contributed by atoms with van der Waals surface area (Å²) in [5.74, 6) is 0. The Hall–Kier alpha value is -0.160. The Bertz CT molecular complexity index is 188. The van der Waals surface area contributed by atoms with Gasteiger partial charge in [-0.25, -0.2) is 0 Å². The molecule has 0 spiro atoms. The zero-order valence-electron chi connectivity index (χ0n) is 11.7. The van der Waals surface area contributed by atoms with Crippen LogP contribution in [-0.2, 0) is 4.74 Å². The predicted molar refractivity (Wildman–Crippen MR) is 72.5 cm³/mol. The van der Waals surface area contributed by atoms with Gasteiger partial charge in [0, 0.05) is 19.1 Å². The van der Waals surface area contributed by atoms with Crippen molar-refractivity contribution in [1.29, 1.82) is 0 Å². The Morgan fingerprint density at radius 1 is 1.41 bits per heavy atom. The van der Waals surface area contributed by atoms with E-state index in [9.17, 15) is 0 Å². The van der Waals surface area contributed by atoms with Crippen LogP contribution < -0.4 is 5.32 Å². The van der Waals surface area contributed by atoms with E-state index >= 15 is 0 Å². The van der Waals surface area contributed by atoms with Gasteiger partial charge in [0.05, 0.1) is 13.2 Å². The van der Waals surface area contributed by atoms with Crippen molar-refractivity contribution >= 4 is 0 Å². The summed E-state index contributed by atoms with van der Waals surface area (Å²) in [5, 5.41) is 3.50. The molecule has 0 bridgehead atoms. The number of ether oxygens (including phenoxy) is 1. The highest BCUT2D eigenvalue weighted by Gasteiger charge is 2.21. The van der Waals surface area contributed by atoms with Gasteiger partial charge in [-0.3, -0.25) is 4.90 Å². The van der Waals surface area contributed by atoms with Crippen molar-refractivity contribution in [1.82, 2.24) is 15.1 Å². The highest BCUT2D eigenvalue weighted by Crippen LogP contribution is 2.07. The lowest BCUT2D eigenvalue weighted by Crippen LogP contribution is -2.51. The fourth-order valence-electron chi connectivity index (χ4n) is 2.21. The van der Waals surface area contributed by atoms with Crippen LogP contribution in [0.3, 0.4) is 0 Å². The molecule has 4 nitrogen and oxygen atoms in total. The minimum Gasteiger partial charge on any atom is -0.378 e. The van der Waals surface area contributed by atoms with E-state index in [1.807, 2.05) is 0 Å². The lowest BCUT2D eigenvalue weighted by Gasteiger charge is -2.36. The van der Waals surface area contributed by atoms with Crippen LogP contribution in [0, 0.1) is 0 Å². The second-order valence-corrected chi connectivity index (χ2v) is 5.13. The van der Waals surface area contributed by atoms with E-state index < -0.39 is 0 Å². The molecule has 1 unspecified atom stereocenters. The predicted octanol–water partition coefficient (Wildman–Crippen LogP) is 0.639. The van der Waals surface area contributed by atoms with E-state index in [-0.39, 0.29) is 0 Å². The maximum absolute atomic E-state index is 5.58. The van der Waals surface area contributed by atoms with Gasteiger partial charge >= 0.3 is 0 Å². The number of morpholine rings is 1. The van der Waals surface area contributed by atoms with Crippen LogP contribution in [0.2, 0.25) is 0 Å². The molecule has 1 heterocycles. The second-order valence-electron chi connectivity index (χ2n) is 5.13. The quantitative estimate of drug-likeness (QED) is 0.633. The van der Waals surface area contributed by atoms with Gasteiger partial charge in [0.15, 0.2) is 0 Å². The molecule has 0 radical (unpaired) electrons. The van der Waals surface area contributed by atoms with Crippen LogP contribution in [0.15, 0.2) is 0 Å². The molecule has 0 aliphatic carbocycles. The van der Waals surface area contributed by atoms with E-state index in [1.54, 1.807) is 0 Å². The maximum atomic E-state index is 5.58. The molecule has 1 rings (SSSR count). The van der Waals surface area contributed by atoms with Gasteiger partial charge in [-0.05, 0) is 46.6 Å². The molecule has 0 amide bonds. The largest absolute Gasteiger partial charge is 0.378 e. The molecule has 0 aromatic heterocycles. The van der Waals surface area contributed by atoms with Crippen molar-refractivity contribution in [3.8, 4) is 0 Å². The summed E-state index contributed by atoms with van der Waals surface area (Å²) in [6.07, 6.45) is 2.45. The summed E-state index contributed by atoms with van der Waals surface area (Å²) < 4.78 is 5.58. The van der Waals surface area contributed by atoms with Crippen molar-refractivity contribution in [3.63, 3.8) is 0 Å². The molecule has 1 N–H and O–H groups in total. The molecular weight excluding hydrogens is 214 g/mol. The van der Waals surface area contributed by atoms with Gasteiger partial charge in [0.1, 0.15) is 0 Å². The van der Waals surface area contributed by atoms with Crippen molar-refractivity contribution in [3.05, 3.63) is 0 Å². The van der Waals surface area contributed by atoms with Gasteiger partial charge in [0.25, 0.3) is 0 Å². The lowest BCUT2D eigenvalue weighted by atomic mass is 10.2. The third kappa shape index (κ3) is 6.36. The Labute approximate surface area is 106 Å². The zero-order chi connectivity index (χ0) is 12.5. The van der Waals surface area contributed by atoms with Crippen LogP contribution in [0.25, 0.3) is 0 Å². The van der Waals surface area contributed by atoms with E-state index in [1.165, 1.54) is 25.9 Å². The first kappa shape index (κ1) is 14.9. The second kappa shape index (κ2) is 8.86. The maximum Gasteiger partial charge on any atom is 0.0634 e. The Balaban J connectivity index is 2.22. The normalized spacial score (nSPS) is 22.2. The van der Waals surface area contributed by atoms with Crippen LogP contribution in [0.4, 0.5) is 0 Å². The molecule has 0 saturated carbocycles. The summed E-state index contributed by atoms with van der Waals surface area (Å²) in [7, 11) is 4.28. The van der Waals surface area contributed by atoms with Crippen LogP contribution in [-0.4, -0.2) is 75.9 Å². The molecule has 17 heavy (non-hydrogen) atoms. The summed E-state index contributed by atoms with van der Waals surface area (Å²) in [6, 6.07) is 0.567. The highest BCUT2D eigenvalue weighted by atomic mass is 16.5. The molecular formula is C13H29N3O. The number of hydrogen-bond donors (Lipinski definition) is 1. The molecule has 1 saturated heterocycles. The Morgan fingerprint density at radius 2 is 2.24 bits per heavy atom. The van der Waals surface area contributed by atoms with E-state index in [4.69, 9.17) is 4.74 Å². The van der Waals surface area contributed by atoms with Crippen molar-refractivity contribution < 1.29 is 4.74 Å². The molecule has 0 aromatic carbocycles. The first-order valence-corrected chi connectivity index (χ1v) is 6.91. The molecule has 1 aliphatic heterocycles. The minimum absolute atomic E-state index is 0.567. The van der Waals surface area contributed by atoms with Crippen LogP contribution >= 0.6 is 0 Å². The number of rotatable bonds is 8. The third-order valence-electron chi connectivity index (χ3n) is 3.21. The highest BCUT2D eigenvalue weighted by molar-refractivity contribution is 4.77. The van der Waals surface area contributed by atoms with Gasteiger partial charge in [-0.2, -0.15) is 0 Å². The van der Waals surface area contributed by atoms with Crippen molar-refractivity contribution in [2.45, 2.75) is 25.8 Å². The molecule has 4 heteroatoms. The van der Waals surface area contributed by atoms with Crippen LogP contribution in [0.5, 0.6) is 0 Å². The van der Waals surface area contributed by atoms with E-state index in [0.29, 0.717) is 6.04 Å². The average molecular weight is 243 g/mol. The molecule has 102 valence electrons. The molecule has 1 aliphatic rings. The number of hydrogen-bond acceptors (Lipinski definition) is 4. The fourth-order valence-corrected chi connectivity index (χ4v) is 2.21. The fraction of sp³-hybridized carbons (Fsp3) is 1.00. The van der Waals surface area contributed by atoms with Crippen LogP contribution in [0.1, 0.15) is 19.8 Å². The van der Waals surface area contributed by atoms with Gasteiger partial charge in [-0.1, -0.05) is 6.92 Å². The monoisotopic (exact) mass is 243 g/mol. The third-order valence-corrected chi connectivity index (χ3v) is 3.21. The minimum atomic E-state index is 0.567. The molecule has 0 aromatic rings. The number of nitrogens with zero attached hydrogens (tertiary/aromatic N) is 2. The molecule has 1 fully saturated rings. The summed E-state index contributed by atoms with van der Waals surface area (Å²) >= 11 is 0. The van der Waals surface area contributed by atoms with Gasteiger partial charge in [-0.15, -0.1) is 0 Å². The van der Waals surface area contributed by atoms with Crippen molar-refractivity contribution in [2.75, 3.05) is 60.0 Å². The standard InChI is InChI=1S/C13H29N3O/c1-4-6-14-11-13-12-17-10-9-16(13)8-5-7-15(2)3/h13-14H,4-12H2,1-3H3. The van der Waals surface area contributed by atoms with Gasteiger partial charge < -0.3 is 15.0 Å².